The zero-order chi connectivity index (χ0) is 19.2. The molecule has 8 nitrogen and oxygen atoms in total. The summed E-state index contributed by atoms with van der Waals surface area (Å²) in [5.74, 6) is -0.697. The van der Waals surface area contributed by atoms with Crippen molar-refractivity contribution in [1.82, 2.24) is 14.5 Å². The maximum Gasteiger partial charge on any atom is 0.243 e. The number of carbonyl (C=O) groups excluding carboxylic acids is 2. The average Bonchev–Trinajstić information content (AvgIpc) is 2.66. The lowest BCUT2D eigenvalue weighted by Crippen LogP contribution is -2.49. The molecule has 0 aliphatic carbocycles. The Bertz CT molecular complexity index is 724. The van der Waals surface area contributed by atoms with Crippen molar-refractivity contribution in [1.29, 1.82) is 0 Å². The minimum atomic E-state index is -3.72. The van der Waals surface area contributed by atoms with Gasteiger partial charge >= 0.3 is 0 Å². The van der Waals surface area contributed by atoms with E-state index in [0.29, 0.717) is 39.0 Å². The highest BCUT2D eigenvalue weighted by atomic mass is 32.2. The van der Waals surface area contributed by atoms with Crippen molar-refractivity contribution in [2.24, 2.45) is 11.7 Å². The number of likely N-dealkylation sites (tertiary alicyclic amines) is 1. The van der Waals surface area contributed by atoms with E-state index in [1.165, 1.54) is 19.2 Å². The third kappa shape index (κ3) is 5.03. The molecule has 9 heteroatoms. The Morgan fingerprint density at radius 2 is 2.00 bits per heavy atom. The van der Waals surface area contributed by atoms with Crippen LogP contribution in [0.1, 0.15) is 12.8 Å². The van der Waals surface area contributed by atoms with Gasteiger partial charge in [0.2, 0.25) is 21.8 Å². The molecule has 1 saturated heterocycles. The summed E-state index contributed by atoms with van der Waals surface area (Å²) in [6.45, 7) is 1.34. The van der Waals surface area contributed by atoms with Crippen LogP contribution in [0.2, 0.25) is 0 Å². The number of nitrogens with zero attached hydrogens (tertiary/aromatic N) is 2. The highest BCUT2D eigenvalue weighted by Gasteiger charge is 2.30. The van der Waals surface area contributed by atoms with Gasteiger partial charge < -0.3 is 16.0 Å². The van der Waals surface area contributed by atoms with Crippen LogP contribution in [0.15, 0.2) is 35.2 Å². The van der Waals surface area contributed by atoms with Crippen LogP contribution >= 0.6 is 0 Å². The van der Waals surface area contributed by atoms with Gasteiger partial charge in [-0.2, -0.15) is 4.31 Å². The first kappa shape index (κ1) is 20.3. The van der Waals surface area contributed by atoms with Crippen molar-refractivity contribution in [3.05, 3.63) is 30.3 Å². The first-order valence-corrected chi connectivity index (χ1v) is 10.1. The molecule has 1 heterocycles. The van der Waals surface area contributed by atoms with Crippen molar-refractivity contribution < 1.29 is 18.0 Å². The predicted molar refractivity (Wildman–Crippen MR) is 97.6 cm³/mol. The fraction of sp³-hybridized carbons (Fsp3) is 0.529. The zero-order valence-corrected chi connectivity index (χ0v) is 15.7. The Labute approximate surface area is 154 Å². The largest absolute Gasteiger partial charge is 0.355 e. The number of rotatable bonds is 7. The van der Waals surface area contributed by atoms with E-state index in [9.17, 15) is 18.0 Å². The molecule has 26 heavy (non-hydrogen) atoms. The molecule has 0 radical (unpaired) electrons. The number of hydrogen-bond acceptors (Lipinski definition) is 5. The first-order valence-electron chi connectivity index (χ1n) is 8.63. The zero-order valence-electron chi connectivity index (χ0n) is 14.9. The maximum atomic E-state index is 12.5. The van der Waals surface area contributed by atoms with E-state index in [2.05, 4.69) is 5.32 Å². The molecule has 0 spiro atoms. The van der Waals surface area contributed by atoms with Gasteiger partial charge in [0.05, 0.1) is 17.4 Å². The first-order chi connectivity index (χ1) is 12.4. The highest BCUT2D eigenvalue weighted by molar-refractivity contribution is 7.89. The fourth-order valence-electron chi connectivity index (χ4n) is 2.91. The van der Waals surface area contributed by atoms with E-state index in [4.69, 9.17) is 5.73 Å². The standard InChI is InChI=1S/C17H26N4O4S/c1-20(26(24,25)15-7-3-2-4-8-15)13-16(22)21-11-5-6-14(12-21)17(23)19-10-9-18/h2-4,7-8,14H,5-6,9-13,18H2,1H3,(H,19,23). The molecule has 144 valence electrons. The SMILES string of the molecule is CN(CC(=O)N1CCCC(C(=O)NCCN)C1)S(=O)(=O)c1ccccc1. The van der Waals surface area contributed by atoms with Gasteiger partial charge in [0.25, 0.3) is 0 Å². The third-order valence-corrected chi connectivity index (χ3v) is 6.22. The summed E-state index contributed by atoms with van der Waals surface area (Å²) in [5, 5.41) is 2.74. The van der Waals surface area contributed by atoms with E-state index in [-0.39, 0.29) is 29.2 Å². The Kier molecular flexibility index (Phi) is 7.13. The van der Waals surface area contributed by atoms with Gasteiger partial charge in [-0.3, -0.25) is 9.59 Å². The Hall–Kier alpha value is -1.97. The van der Waals surface area contributed by atoms with Gasteiger partial charge in [-0.05, 0) is 25.0 Å². The molecule has 3 N–H and O–H groups in total. The van der Waals surface area contributed by atoms with E-state index in [1.54, 1.807) is 23.1 Å². The number of piperidine rings is 1. The number of carbonyl (C=O) groups is 2. The molecule has 0 bridgehead atoms. The summed E-state index contributed by atoms with van der Waals surface area (Å²) >= 11 is 0. The van der Waals surface area contributed by atoms with E-state index in [0.717, 1.165) is 4.31 Å². The van der Waals surface area contributed by atoms with E-state index in [1.807, 2.05) is 0 Å². The average molecular weight is 382 g/mol. The Balaban J connectivity index is 1.97. The molecule has 2 amide bonds. The van der Waals surface area contributed by atoms with Crippen molar-refractivity contribution >= 4 is 21.8 Å². The lowest BCUT2D eigenvalue weighted by molar-refractivity contribution is -0.135. The maximum absolute atomic E-state index is 12.5. The number of nitrogens with one attached hydrogen (secondary N) is 1. The van der Waals surface area contributed by atoms with Crippen LogP contribution in [0, 0.1) is 5.92 Å². The minimum Gasteiger partial charge on any atom is -0.355 e. The van der Waals surface area contributed by atoms with Gasteiger partial charge in [-0.15, -0.1) is 0 Å². The van der Waals surface area contributed by atoms with Crippen LogP contribution < -0.4 is 11.1 Å². The van der Waals surface area contributed by atoms with E-state index < -0.39 is 10.0 Å². The number of hydrogen-bond donors (Lipinski definition) is 2. The van der Waals surface area contributed by atoms with Crippen LogP contribution in [-0.4, -0.2) is 69.2 Å². The second kappa shape index (κ2) is 9.11. The number of nitrogens with two attached hydrogens (primary N) is 1. The summed E-state index contributed by atoms with van der Waals surface area (Å²) in [7, 11) is -2.34. The summed E-state index contributed by atoms with van der Waals surface area (Å²) in [4.78, 5) is 26.3. The molecule has 0 aromatic heterocycles. The topological polar surface area (TPSA) is 113 Å². The summed E-state index contributed by atoms with van der Waals surface area (Å²) in [6, 6.07) is 7.99. The van der Waals surface area contributed by atoms with Crippen LogP contribution in [0.3, 0.4) is 0 Å². The molecule has 1 unspecified atom stereocenters. The highest BCUT2D eigenvalue weighted by Crippen LogP contribution is 2.18. The molecule has 0 saturated carbocycles. The molecule has 1 aromatic carbocycles. The minimum absolute atomic E-state index is 0.113. The second-order valence-corrected chi connectivity index (χ2v) is 8.38. The number of benzene rings is 1. The number of amides is 2. The van der Waals surface area contributed by atoms with Gasteiger partial charge in [-0.1, -0.05) is 18.2 Å². The van der Waals surface area contributed by atoms with Gasteiger partial charge in [0.1, 0.15) is 0 Å². The van der Waals surface area contributed by atoms with Gasteiger partial charge in [0, 0.05) is 33.2 Å². The number of likely N-dealkylation sites (N-methyl/N-ethyl adjacent to an activating group) is 1. The summed E-state index contributed by atoms with van der Waals surface area (Å²) < 4.78 is 26.1. The normalized spacial score (nSPS) is 18.0. The van der Waals surface area contributed by atoms with Crippen molar-refractivity contribution in [3.63, 3.8) is 0 Å². The van der Waals surface area contributed by atoms with E-state index >= 15 is 0 Å². The van der Waals surface area contributed by atoms with Crippen LogP contribution in [0.4, 0.5) is 0 Å². The van der Waals surface area contributed by atoms with Gasteiger partial charge in [0.15, 0.2) is 0 Å². The van der Waals surface area contributed by atoms with Crippen LogP contribution in [-0.2, 0) is 19.6 Å². The Morgan fingerprint density at radius 1 is 1.31 bits per heavy atom. The van der Waals surface area contributed by atoms with Crippen molar-refractivity contribution in [2.75, 3.05) is 39.8 Å². The predicted octanol–water partition coefficient (Wildman–Crippen LogP) is -0.379. The second-order valence-electron chi connectivity index (χ2n) is 6.33. The Morgan fingerprint density at radius 3 is 2.65 bits per heavy atom. The molecule has 1 fully saturated rings. The van der Waals surface area contributed by atoms with Crippen LogP contribution in [0.5, 0.6) is 0 Å². The number of sulfonamides is 1. The molecule has 1 aromatic rings. The molecular formula is C17H26N4O4S. The molecular weight excluding hydrogens is 356 g/mol. The molecule has 1 atom stereocenters. The summed E-state index contributed by atoms with van der Waals surface area (Å²) in [6.07, 6.45) is 1.42. The fourth-order valence-corrected chi connectivity index (χ4v) is 4.05. The quantitative estimate of drug-likeness (QED) is 0.668. The molecule has 1 aliphatic heterocycles. The third-order valence-electron chi connectivity index (χ3n) is 4.40. The van der Waals surface area contributed by atoms with Crippen LogP contribution in [0.25, 0.3) is 0 Å². The lowest BCUT2D eigenvalue weighted by Gasteiger charge is -2.33. The molecule has 2 rings (SSSR count). The monoisotopic (exact) mass is 382 g/mol. The lowest BCUT2D eigenvalue weighted by atomic mass is 9.97. The van der Waals surface area contributed by atoms with Crippen molar-refractivity contribution in [2.45, 2.75) is 17.7 Å². The molecule has 1 aliphatic rings. The van der Waals surface area contributed by atoms with Crippen molar-refractivity contribution in [3.8, 4) is 0 Å². The van der Waals surface area contributed by atoms with Gasteiger partial charge in [-0.25, -0.2) is 8.42 Å². The summed E-state index contributed by atoms with van der Waals surface area (Å²) in [5.41, 5.74) is 5.38. The smallest absolute Gasteiger partial charge is 0.243 e.